The van der Waals surface area contributed by atoms with Crippen LogP contribution in [-0.4, -0.2) is 49.1 Å². The highest BCUT2D eigenvalue weighted by Crippen LogP contribution is 2.32. The van der Waals surface area contributed by atoms with E-state index in [1.165, 1.54) is 90.6 Å². The molecule has 0 bridgehead atoms. The zero-order valence-electron chi connectivity index (χ0n) is 13.9. The van der Waals surface area contributed by atoms with E-state index in [2.05, 4.69) is 23.6 Å². The quantitative estimate of drug-likeness (QED) is 0.695. The van der Waals surface area contributed by atoms with E-state index in [1.54, 1.807) is 0 Å². The second kappa shape index (κ2) is 9.04. The molecule has 2 saturated heterocycles. The molecule has 2 rings (SSSR count). The fourth-order valence-corrected chi connectivity index (χ4v) is 4.06. The fourth-order valence-electron chi connectivity index (χ4n) is 4.06. The number of piperidine rings is 2. The maximum atomic E-state index is 2.70. The summed E-state index contributed by atoms with van der Waals surface area (Å²) in [6.07, 6.45) is 11.4. The van der Waals surface area contributed by atoms with Crippen molar-refractivity contribution in [2.45, 2.75) is 65.2 Å². The Morgan fingerprint density at radius 2 is 1.00 bits per heavy atom. The van der Waals surface area contributed by atoms with E-state index in [0.717, 1.165) is 11.8 Å². The van der Waals surface area contributed by atoms with Gasteiger partial charge in [0.2, 0.25) is 0 Å². The number of likely N-dealkylation sites (tertiary alicyclic amines) is 2. The molecule has 0 aromatic carbocycles. The molecule has 0 radical (unpaired) electrons. The van der Waals surface area contributed by atoms with Gasteiger partial charge in [0.05, 0.1) is 0 Å². The third-order valence-electron chi connectivity index (χ3n) is 5.59. The van der Waals surface area contributed by atoms with Crippen LogP contribution in [0.25, 0.3) is 0 Å². The van der Waals surface area contributed by atoms with E-state index in [4.69, 9.17) is 0 Å². The summed E-state index contributed by atoms with van der Waals surface area (Å²) in [5, 5.41) is 0. The van der Waals surface area contributed by atoms with Crippen LogP contribution in [0.15, 0.2) is 0 Å². The van der Waals surface area contributed by atoms with Gasteiger partial charge in [-0.3, -0.25) is 0 Å². The van der Waals surface area contributed by atoms with Crippen LogP contribution >= 0.6 is 0 Å². The van der Waals surface area contributed by atoms with Crippen molar-refractivity contribution in [1.29, 1.82) is 0 Å². The van der Waals surface area contributed by atoms with Crippen molar-refractivity contribution >= 4 is 0 Å². The average Bonchev–Trinajstić information content (AvgIpc) is 2.52. The number of nitrogens with zero attached hydrogens (tertiary/aromatic N) is 2. The highest BCUT2D eigenvalue weighted by Gasteiger charge is 2.29. The Hall–Kier alpha value is -0.0800. The summed E-state index contributed by atoms with van der Waals surface area (Å²) in [6.45, 7) is 12.8. The number of hydrogen-bond acceptors (Lipinski definition) is 2. The molecule has 0 aliphatic carbocycles. The lowest BCUT2D eigenvalue weighted by Gasteiger charge is -2.40. The minimum Gasteiger partial charge on any atom is -0.303 e. The van der Waals surface area contributed by atoms with Crippen molar-refractivity contribution < 1.29 is 0 Å². The molecule has 0 aromatic rings. The largest absolute Gasteiger partial charge is 0.303 e. The Balaban J connectivity index is 1.63. The van der Waals surface area contributed by atoms with Gasteiger partial charge < -0.3 is 9.80 Å². The molecule has 0 saturated carbocycles. The van der Waals surface area contributed by atoms with Gasteiger partial charge in [0.25, 0.3) is 0 Å². The summed E-state index contributed by atoms with van der Waals surface area (Å²) in [4.78, 5) is 5.41. The first-order valence-corrected chi connectivity index (χ1v) is 9.28. The average molecular weight is 280 g/mol. The van der Waals surface area contributed by atoms with Crippen LogP contribution in [0.4, 0.5) is 0 Å². The third kappa shape index (κ3) is 5.04. The molecule has 0 amide bonds. The minimum atomic E-state index is 1.04. The van der Waals surface area contributed by atoms with Crippen LogP contribution in [0.2, 0.25) is 0 Å². The van der Waals surface area contributed by atoms with E-state index >= 15 is 0 Å². The van der Waals surface area contributed by atoms with Crippen molar-refractivity contribution in [3.63, 3.8) is 0 Å². The highest BCUT2D eigenvalue weighted by molar-refractivity contribution is 4.82. The Morgan fingerprint density at radius 3 is 1.30 bits per heavy atom. The molecule has 2 aliphatic rings. The summed E-state index contributed by atoms with van der Waals surface area (Å²) >= 11 is 0. The molecular weight excluding hydrogens is 244 g/mol. The lowest BCUT2D eigenvalue weighted by Crippen LogP contribution is -2.41. The van der Waals surface area contributed by atoms with Crippen LogP contribution in [0, 0.1) is 11.8 Å². The minimum absolute atomic E-state index is 1.04. The number of unbranched alkanes of at least 4 members (excludes halogenated alkanes) is 2. The molecule has 0 atom stereocenters. The highest BCUT2D eigenvalue weighted by atomic mass is 15.1. The van der Waals surface area contributed by atoms with Gasteiger partial charge in [-0.25, -0.2) is 0 Å². The van der Waals surface area contributed by atoms with E-state index in [1.807, 2.05) is 0 Å². The lowest BCUT2D eigenvalue weighted by atomic mass is 9.78. The number of rotatable bonds is 7. The van der Waals surface area contributed by atoms with Gasteiger partial charge in [-0.1, -0.05) is 26.7 Å². The van der Waals surface area contributed by atoms with Crippen LogP contribution in [0.5, 0.6) is 0 Å². The molecule has 0 unspecified atom stereocenters. The van der Waals surface area contributed by atoms with Crippen molar-refractivity contribution in [2.75, 3.05) is 39.3 Å². The smallest absolute Gasteiger partial charge is 0.00160 e. The normalized spacial score (nSPS) is 24.3. The molecule has 20 heavy (non-hydrogen) atoms. The van der Waals surface area contributed by atoms with Crippen molar-refractivity contribution in [2.24, 2.45) is 11.8 Å². The van der Waals surface area contributed by atoms with Crippen LogP contribution in [-0.2, 0) is 0 Å². The van der Waals surface area contributed by atoms with Crippen molar-refractivity contribution in [3.8, 4) is 0 Å². The maximum Gasteiger partial charge on any atom is -0.00160 e. The molecule has 2 aliphatic heterocycles. The molecule has 118 valence electrons. The lowest BCUT2D eigenvalue weighted by molar-refractivity contribution is 0.0953. The standard InChI is InChI=1S/C18H36N2/c1-3-5-11-19-13-7-17(8-14-19)18-9-15-20(16-10-18)12-6-4-2/h17-18H,3-16H2,1-2H3. The first kappa shape index (κ1) is 16.3. The van der Waals surface area contributed by atoms with Crippen LogP contribution in [0.3, 0.4) is 0 Å². The molecular formula is C18H36N2. The Labute approximate surface area is 126 Å². The van der Waals surface area contributed by atoms with Crippen LogP contribution in [0.1, 0.15) is 65.2 Å². The second-order valence-electron chi connectivity index (χ2n) is 7.07. The zero-order valence-corrected chi connectivity index (χ0v) is 13.9. The van der Waals surface area contributed by atoms with E-state index in [-0.39, 0.29) is 0 Å². The molecule has 2 nitrogen and oxygen atoms in total. The first-order chi connectivity index (χ1) is 9.83. The topological polar surface area (TPSA) is 6.48 Å². The first-order valence-electron chi connectivity index (χ1n) is 9.28. The van der Waals surface area contributed by atoms with Crippen molar-refractivity contribution in [1.82, 2.24) is 9.80 Å². The van der Waals surface area contributed by atoms with Crippen LogP contribution < -0.4 is 0 Å². The van der Waals surface area contributed by atoms with Gasteiger partial charge in [0, 0.05) is 0 Å². The predicted octanol–water partition coefficient (Wildman–Crippen LogP) is 4.01. The predicted molar refractivity (Wildman–Crippen MR) is 88.1 cm³/mol. The van der Waals surface area contributed by atoms with E-state index < -0.39 is 0 Å². The molecule has 0 N–H and O–H groups in total. The van der Waals surface area contributed by atoms with Gasteiger partial charge in [-0.2, -0.15) is 0 Å². The summed E-state index contributed by atoms with van der Waals surface area (Å²) in [6, 6.07) is 0. The van der Waals surface area contributed by atoms with Gasteiger partial charge in [0.15, 0.2) is 0 Å². The molecule has 0 spiro atoms. The summed E-state index contributed by atoms with van der Waals surface area (Å²) in [5.74, 6) is 2.09. The summed E-state index contributed by atoms with van der Waals surface area (Å²) in [5.41, 5.74) is 0. The molecule has 0 aromatic heterocycles. The van der Waals surface area contributed by atoms with Gasteiger partial charge in [0.1, 0.15) is 0 Å². The van der Waals surface area contributed by atoms with E-state index in [9.17, 15) is 0 Å². The van der Waals surface area contributed by atoms with Crippen molar-refractivity contribution in [3.05, 3.63) is 0 Å². The van der Waals surface area contributed by atoms with Gasteiger partial charge >= 0.3 is 0 Å². The SMILES string of the molecule is CCCCN1CCC(C2CCN(CCCC)CC2)CC1. The maximum absolute atomic E-state index is 2.70. The Morgan fingerprint density at radius 1 is 0.650 bits per heavy atom. The summed E-state index contributed by atoms with van der Waals surface area (Å²) < 4.78 is 0. The number of hydrogen-bond donors (Lipinski definition) is 0. The second-order valence-corrected chi connectivity index (χ2v) is 7.07. The molecule has 2 heterocycles. The van der Waals surface area contributed by atoms with E-state index in [0.29, 0.717) is 0 Å². The fraction of sp³-hybridized carbons (Fsp3) is 1.00. The molecule has 2 heteroatoms. The third-order valence-corrected chi connectivity index (χ3v) is 5.59. The Bertz CT molecular complexity index is 212. The van der Waals surface area contributed by atoms with Gasteiger partial charge in [-0.15, -0.1) is 0 Å². The molecule has 2 fully saturated rings. The summed E-state index contributed by atoms with van der Waals surface area (Å²) in [7, 11) is 0. The Kier molecular flexibility index (Phi) is 7.37. The van der Waals surface area contributed by atoms with Gasteiger partial charge in [-0.05, 0) is 89.6 Å². The zero-order chi connectivity index (χ0) is 14.2. The monoisotopic (exact) mass is 280 g/mol.